The number of sulfone groups is 1. The molecule has 0 aliphatic carbocycles. The van der Waals surface area contributed by atoms with Crippen molar-refractivity contribution in [2.45, 2.75) is 5.92 Å². The summed E-state index contributed by atoms with van der Waals surface area (Å²) >= 11 is 0. The summed E-state index contributed by atoms with van der Waals surface area (Å²) in [6.07, 6.45) is 4.49. The monoisotopic (exact) mass is 298 g/mol. The van der Waals surface area contributed by atoms with Gasteiger partial charge in [-0.2, -0.15) is 0 Å². The maximum absolute atomic E-state index is 11.4. The Morgan fingerprint density at radius 3 is 2.60 bits per heavy atom. The fourth-order valence-corrected chi connectivity index (χ4v) is 3.15. The van der Waals surface area contributed by atoms with Crippen LogP contribution in [0.4, 0.5) is 0 Å². The zero-order valence-electron chi connectivity index (χ0n) is 11.3. The number of hydrogen-bond donors (Lipinski definition) is 1. The number of hydrogen-bond acceptors (Lipinski definition) is 5. The summed E-state index contributed by atoms with van der Waals surface area (Å²) in [6, 6.07) is 3.64. The first-order valence-electron chi connectivity index (χ1n) is 6.39. The predicted molar refractivity (Wildman–Crippen MR) is 74.3 cm³/mol. The number of aliphatic carboxylic acids is 1. The molecule has 20 heavy (non-hydrogen) atoms. The molecule has 2 atom stereocenters. The molecule has 1 aliphatic heterocycles. The third-order valence-electron chi connectivity index (χ3n) is 3.63. The third-order valence-corrected chi connectivity index (χ3v) is 4.55. The van der Waals surface area contributed by atoms with Gasteiger partial charge in [0.25, 0.3) is 0 Å². The van der Waals surface area contributed by atoms with Gasteiger partial charge in [0, 0.05) is 44.2 Å². The van der Waals surface area contributed by atoms with Gasteiger partial charge in [0.1, 0.15) is 9.84 Å². The fourth-order valence-electron chi connectivity index (χ4n) is 2.56. The van der Waals surface area contributed by atoms with E-state index in [-0.39, 0.29) is 11.7 Å². The molecular formula is C13H18N2O4S. The molecule has 2 heterocycles. The number of rotatable bonds is 5. The van der Waals surface area contributed by atoms with Crippen LogP contribution in [0.5, 0.6) is 0 Å². The van der Waals surface area contributed by atoms with Crippen molar-refractivity contribution in [2.75, 3.05) is 31.6 Å². The van der Waals surface area contributed by atoms with Gasteiger partial charge in [-0.05, 0) is 17.7 Å². The summed E-state index contributed by atoms with van der Waals surface area (Å²) in [5.41, 5.74) is 0.939. The molecule has 0 unspecified atom stereocenters. The number of carbonyl (C=O) groups is 1. The first-order valence-corrected chi connectivity index (χ1v) is 8.45. The van der Waals surface area contributed by atoms with Gasteiger partial charge in [-0.1, -0.05) is 0 Å². The van der Waals surface area contributed by atoms with Gasteiger partial charge in [0.05, 0.1) is 11.7 Å². The van der Waals surface area contributed by atoms with E-state index < -0.39 is 21.7 Å². The van der Waals surface area contributed by atoms with E-state index in [4.69, 9.17) is 0 Å². The third kappa shape index (κ3) is 3.77. The lowest BCUT2D eigenvalue weighted by molar-refractivity contribution is -0.141. The van der Waals surface area contributed by atoms with E-state index in [0.29, 0.717) is 19.6 Å². The second-order valence-corrected chi connectivity index (χ2v) is 7.48. The molecule has 0 spiro atoms. The molecule has 0 aromatic carbocycles. The van der Waals surface area contributed by atoms with Crippen molar-refractivity contribution >= 4 is 15.8 Å². The smallest absolute Gasteiger partial charge is 0.308 e. The maximum Gasteiger partial charge on any atom is 0.308 e. The molecule has 110 valence electrons. The lowest BCUT2D eigenvalue weighted by atomic mass is 9.90. The summed E-state index contributed by atoms with van der Waals surface area (Å²) in [6.45, 7) is 1.33. The minimum absolute atomic E-state index is 0.0579. The van der Waals surface area contributed by atoms with E-state index in [9.17, 15) is 18.3 Å². The Kier molecular flexibility index (Phi) is 4.39. The second-order valence-electron chi connectivity index (χ2n) is 5.22. The van der Waals surface area contributed by atoms with Crippen molar-refractivity contribution in [1.82, 2.24) is 9.88 Å². The van der Waals surface area contributed by atoms with Gasteiger partial charge in [-0.25, -0.2) is 8.42 Å². The Hall–Kier alpha value is -1.47. The summed E-state index contributed by atoms with van der Waals surface area (Å²) in [7, 11) is -3.03. The molecule has 1 N–H and O–H groups in total. The van der Waals surface area contributed by atoms with Crippen LogP contribution in [0.2, 0.25) is 0 Å². The van der Waals surface area contributed by atoms with Gasteiger partial charge in [0.15, 0.2) is 0 Å². The van der Waals surface area contributed by atoms with Crippen LogP contribution >= 0.6 is 0 Å². The first kappa shape index (κ1) is 14.9. The zero-order chi connectivity index (χ0) is 14.8. The average Bonchev–Trinajstić information content (AvgIpc) is 2.81. The van der Waals surface area contributed by atoms with E-state index in [2.05, 4.69) is 4.98 Å². The molecule has 0 radical (unpaired) electrons. The SMILES string of the molecule is CS(=O)(=O)CCN1C[C@@H](C(=O)O)[C@H](c2ccncc2)C1. The zero-order valence-corrected chi connectivity index (χ0v) is 12.1. The van der Waals surface area contributed by atoms with E-state index >= 15 is 0 Å². The van der Waals surface area contributed by atoms with Crippen LogP contribution in [0, 0.1) is 5.92 Å². The number of aromatic nitrogens is 1. The topological polar surface area (TPSA) is 87.6 Å². The van der Waals surface area contributed by atoms with Gasteiger partial charge < -0.3 is 10.0 Å². The molecule has 0 amide bonds. The quantitative estimate of drug-likeness (QED) is 0.837. The molecule has 1 fully saturated rings. The molecule has 1 aliphatic rings. The van der Waals surface area contributed by atoms with Crippen LogP contribution in [0.1, 0.15) is 11.5 Å². The highest BCUT2D eigenvalue weighted by molar-refractivity contribution is 7.90. The van der Waals surface area contributed by atoms with Crippen LogP contribution in [0.3, 0.4) is 0 Å². The number of carboxylic acids is 1. The average molecular weight is 298 g/mol. The van der Waals surface area contributed by atoms with Crippen LogP contribution in [0.15, 0.2) is 24.5 Å². The van der Waals surface area contributed by atoms with E-state index in [0.717, 1.165) is 5.56 Å². The lowest BCUT2D eigenvalue weighted by Gasteiger charge is -2.15. The summed E-state index contributed by atoms with van der Waals surface area (Å²) < 4.78 is 22.4. The molecule has 1 aromatic heterocycles. The van der Waals surface area contributed by atoms with Crippen LogP contribution in [-0.2, 0) is 14.6 Å². The van der Waals surface area contributed by atoms with Crippen LogP contribution in [-0.4, -0.2) is 61.0 Å². The van der Waals surface area contributed by atoms with E-state index in [1.54, 1.807) is 12.4 Å². The predicted octanol–water partition coefficient (Wildman–Crippen LogP) is 0.226. The van der Waals surface area contributed by atoms with Gasteiger partial charge in [0.2, 0.25) is 0 Å². The normalized spacial score (nSPS) is 23.9. The Bertz CT molecular complexity index is 573. The van der Waals surface area contributed by atoms with E-state index in [1.165, 1.54) is 6.26 Å². The van der Waals surface area contributed by atoms with Gasteiger partial charge in [-0.3, -0.25) is 9.78 Å². The second kappa shape index (κ2) is 5.88. The molecule has 6 nitrogen and oxygen atoms in total. The molecule has 0 bridgehead atoms. The van der Waals surface area contributed by atoms with E-state index in [1.807, 2.05) is 17.0 Å². The van der Waals surface area contributed by atoms with Crippen molar-refractivity contribution in [3.63, 3.8) is 0 Å². The van der Waals surface area contributed by atoms with Crippen LogP contribution in [0.25, 0.3) is 0 Å². The molecule has 1 aromatic rings. The summed E-state index contributed by atoms with van der Waals surface area (Å²) in [4.78, 5) is 17.2. The van der Waals surface area contributed by atoms with Crippen molar-refractivity contribution < 1.29 is 18.3 Å². The van der Waals surface area contributed by atoms with Gasteiger partial charge >= 0.3 is 5.97 Å². The summed E-state index contributed by atoms with van der Waals surface area (Å²) in [5.74, 6) is -1.40. The summed E-state index contributed by atoms with van der Waals surface area (Å²) in [5, 5.41) is 9.33. The minimum Gasteiger partial charge on any atom is -0.481 e. The Morgan fingerprint density at radius 1 is 1.40 bits per heavy atom. The fraction of sp³-hybridized carbons (Fsp3) is 0.538. The maximum atomic E-state index is 11.4. The Labute approximate surface area is 118 Å². The standard InChI is InChI=1S/C13H18N2O4S/c1-20(18,19)7-6-15-8-11(12(9-15)13(16)17)10-2-4-14-5-3-10/h2-5,11-12H,6-9H2,1H3,(H,16,17)/t11-,12+/m0/s1. The van der Waals surface area contributed by atoms with Crippen molar-refractivity contribution in [3.8, 4) is 0 Å². The minimum atomic E-state index is -3.03. The molecule has 1 saturated heterocycles. The highest BCUT2D eigenvalue weighted by Gasteiger charge is 2.38. The van der Waals surface area contributed by atoms with Crippen molar-refractivity contribution in [3.05, 3.63) is 30.1 Å². The van der Waals surface area contributed by atoms with Crippen molar-refractivity contribution in [2.24, 2.45) is 5.92 Å². The lowest BCUT2D eigenvalue weighted by Crippen LogP contribution is -2.28. The van der Waals surface area contributed by atoms with Crippen molar-refractivity contribution in [1.29, 1.82) is 0 Å². The number of nitrogens with zero attached hydrogens (tertiary/aromatic N) is 2. The first-order chi connectivity index (χ1) is 9.37. The number of pyridine rings is 1. The molecule has 7 heteroatoms. The Morgan fingerprint density at radius 2 is 2.05 bits per heavy atom. The molecular weight excluding hydrogens is 280 g/mol. The van der Waals surface area contributed by atoms with Crippen LogP contribution < -0.4 is 0 Å². The largest absolute Gasteiger partial charge is 0.481 e. The van der Waals surface area contributed by atoms with Gasteiger partial charge in [-0.15, -0.1) is 0 Å². The molecule has 0 saturated carbocycles. The Balaban J connectivity index is 2.10. The number of likely N-dealkylation sites (tertiary alicyclic amines) is 1. The number of carboxylic acid groups (broad SMARTS) is 1. The molecule has 2 rings (SSSR count). The highest BCUT2D eigenvalue weighted by atomic mass is 32.2. The highest BCUT2D eigenvalue weighted by Crippen LogP contribution is 2.32.